The zero-order chi connectivity index (χ0) is 12.8. The van der Waals surface area contributed by atoms with Crippen molar-refractivity contribution >= 4 is 5.97 Å². The van der Waals surface area contributed by atoms with E-state index in [1.807, 2.05) is 13.8 Å². The molecule has 0 spiro atoms. The molecule has 4 heteroatoms. The molecular formula is C12H25NO3. The van der Waals surface area contributed by atoms with Crippen molar-refractivity contribution in [3.05, 3.63) is 0 Å². The van der Waals surface area contributed by atoms with Crippen molar-refractivity contribution < 1.29 is 14.6 Å². The molecular weight excluding hydrogens is 206 g/mol. The Hall–Kier alpha value is -0.610. The summed E-state index contributed by atoms with van der Waals surface area (Å²) in [5, 5.41) is 9.31. The molecule has 0 radical (unpaired) electrons. The minimum absolute atomic E-state index is 0.107. The molecule has 0 amide bonds. The van der Waals surface area contributed by atoms with Crippen LogP contribution in [-0.2, 0) is 9.53 Å². The summed E-state index contributed by atoms with van der Waals surface area (Å²) in [4.78, 5) is 12.0. The summed E-state index contributed by atoms with van der Waals surface area (Å²) >= 11 is 0. The lowest BCUT2D eigenvalue weighted by Gasteiger charge is -2.34. The number of hydrogen-bond acceptors (Lipinski definition) is 4. The first-order chi connectivity index (χ1) is 7.40. The molecule has 16 heavy (non-hydrogen) atoms. The second-order valence-corrected chi connectivity index (χ2v) is 4.62. The molecule has 0 bridgehead atoms. The highest BCUT2D eigenvalue weighted by atomic mass is 16.5. The van der Waals surface area contributed by atoms with Gasteiger partial charge >= 0.3 is 5.97 Å². The summed E-state index contributed by atoms with van der Waals surface area (Å²) in [6, 6.07) is 0. The van der Waals surface area contributed by atoms with Gasteiger partial charge in [0.05, 0.1) is 18.1 Å². The second kappa shape index (κ2) is 6.86. The summed E-state index contributed by atoms with van der Waals surface area (Å²) in [6.45, 7) is 8.05. The zero-order valence-corrected chi connectivity index (χ0v) is 10.8. The van der Waals surface area contributed by atoms with E-state index < -0.39 is 11.5 Å². The molecule has 0 aromatic carbocycles. The van der Waals surface area contributed by atoms with Gasteiger partial charge in [0.25, 0.3) is 0 Å². The predicted molar refractivity (Wildman–Crippen MR) is 63.9 cm³/mol. The van der Waals surface area contributed by atoms with Crippen LogP contribution >= 0.6 is 0 Å². The first kappa shape index (κ1) is 15.4. The molecule has 0 saturated carbocycles. The molecule has 2 unspecified atom stereocenters. The SMILES string of the molecule is CCOC(=O)C(CN)(CCC(C)O)C(C)C. The van der Waals surface area contributed by atoms with Crippen LogP contribution in [0.15, 0.2) is 0 Å². The second-order valence-electron chi connectivity index (χ2n) is 4.62. The average molecular weight is 231 g/mol. The van der Waals surface area contributed by atoms with Crippen LogP contribution in [-0.4, -0.2) is 30.3 Å². The van der Waals surface area contributed by atoms with E-state index in [1.165, 1.54) is 0 Å². The van der Waals surface area contributed by atoms with Gasteiger partial charge in [-0.1, -0.05) is 13.8 Å². The third kappa shape index (κ3) is 3.76. The number of nitrogens with two attached hydrogens (primary N) is 1. The Morgan fingerprint density at radius 1 is 1.44 bits per heavy atom. The molecule has 0 aliphatic heterocycles. The number of esters is 1. The van der Waals surface area contributed by atoms with E-state index in [1.54, 1.807) is 13.8 Å². The molecule has 0 rings (SSSR count). The van der Waals surface area contributed by atoms with E-state index in [2.05, 4.69) is 0 Å². The quantitative estimate of drug-likeness (QED) is 0.648. The highest BCUT2D eigenvalue weighted by molar-refractivity contribution is 5.77. The topological polar surface area (TPSA) is 72.5 Å². The molecule has 3 N–H and O–H groups in total. The highest BCUT2D eigenvalue weighted by Gasteiger charge is 2.41. The average Bonchev–Trinajstić information content (AvgIpc) is 2.18. The normalized spacial score (nSPS) is 16.9. The van der Waals surface area contributed by atoms with E-state index in [0.717, 1.165) is 0 Å². The van der Waals surface area contributed by atoms with Crippen LogP contribution in [0, 0.1) is 11.3 Å². The van der Waals surface area contributed by atoms with Crippen molar-refractivity contribution in [1.29, 1.82) is 0 Å². The van der Waals surface area contributed by atoms with Crippen molar-refractivity contribution in [3.8, 4) is 0 Å². The van der Waals surface area contributed by atoms with Crippen molar-refractivity contribution in [2.24, 2.45) is 17.1 Å². The Labute approximate surface area is 98.2 Å². The standard InChI is InChI=1S/C12H25NO3/c1-5-16-11(15)12(8-13,9(2)3)7-6-10(4)14/h9-10,14H,5-8,13H2,1-4H3. The third-order valence-corrected chi connectivity index (χ3v) is 3.16. The van der Waals surface area contributed by atoms with E-state index in [-0.39, 0.29) is 18.4 Å². The summed E-state index contributed by atoms with van der Waals surface area (Å²) < 4.78 is 5.09. The molecule has 0 heterocycles. The molecule has 96 valence electrons. The van der Waals surface area contributed by atoms with Gasteiger partial charge in [0.1, 0.15) is 0 Å². The van der Waals surface area contributed by atoms with Gasteiger partial charge in [-0.25, -0.2) is 0 Å². The fourth-order valence-electron chi connectivity index (χ4n) is 1.79. The Kier molecular flexibility index (Phi) is 6.60. The van der Waals surface area contributed by atoms with Crippen molar-refractivity contribution in [2.75, 3.05) is 13.2 Å². The minimum atomic E-state index is -0.660. The van der Waals surface area contributed by atoms with Crippen LogP contribution in [0.5, 0.6) is 0 Å². The molecule has 0 aromatic rings. The van der Waals surface area contributed by atoms with Crippen LogP contribution in [0.25, 0.3) is 0 Å². The predicted octanol–water partition coefficient (Wildman–Crippen LogP) is 1.31. The van der Waals surface area contributed by atoms with Crippen LogP contribution in [0.2, 0.25) is 0 Å². The smallest absolute Gasteiger partial charge is 0.313 e. The van der Waals surface area contributed by atoms with Gasteiger partial charge in [-0.05, 0) is 32.6 Å². The summed E-state index contributed by atoms with van der Waals surface area (Å²) in [6.07, 6.45) is 0.713. The number of hydrogen-bond donors (Lipinski definition) is 2. The maximum Gasteiger partial charge on any atom is 0.313 e. The molecule has 0 fully saturated rings. The van der Waals surface area contributed by atoms with Crippen molar-refractivity contribution in [2.45, 2.75) is 46.6 Å². The van der Waals surface area contributed by atoms with Gasteiger partial charge in [0, 0.05) is 6.54 Å². The number of aliphatic hydroxyl groups excluding tert-OH is 1. The molecule has 0 aliphatic rings. The number of carbonyl (C=O) groups excluding carboxylic acids is 1. The first-order valence-electron chi connectivity index (χ1n) is 5.96. The van der Waals surface area contributed by atoms with Crippen molar-refractivity contribution in [1.82, 2.24) is 0 Å². The number of carbonyl (C=O) groups is 1. The summed E-state index contributed by atoms with van der Waals surface area (Å²) in [5.74, 6) is -0.136. The summed E-state index contributed by atoms with van der Waals surface area (Å²) in [7, 11) is 0. The maximum absolute atomic E-state index is 12.0. The van der Waals surface area contributed by atoms with Gasteiger partial charge in [-0.3, -0.25) is 4.79 Å². The van der Waals surface area contributed by atoms with Gasteiger partial charge in [-0.15, -0.1) is 0 Å². The number of rotatable bonds is 7. The Balaban J connectivity index is 4.77. The monoisotopic (exact) mass is 231 g/mol. The third-order valence-electron chi connectivity index (χ3n) is 3.16. The van der Waals surface area contributed by atoms with Gasteiger partial charge in [0.2, 0.25) is 0 Å². The van der Waals surface area contributed by atoms with E-state index in [9.17, 15) is 9.90 Å². The Morgan fingerprint density at radius 3 is 2.31 bits per heavy atom. The lowest BCUT2D eigenvalue weighted by Crippen LogP contribution is -2.44. The lowest BCUT2D eigenvalue weighted by atomic mass is 9.73. The van der Waals surface area contributed by atoms with Gasteiger partial charge < -0.3 is 15.6 Å². The van der Waals surface area contributed by atoms with Crippen LogP contribution in [0.4, 0.5) is 0 Å². The molecule has 2 atom stereocenters. The van der Waals surface area contributed by atoms with E-state index >= 15 is 0 Å². The van der Waals surface area contributed by atoms with Crippen LogP contribution in [0.1, 0.15) is 40.5 Å². The number of aliphatic hydroxyl groups is 1. The minimum Gasteiger partial charge on any atom is -0.466 e. The Bertz CT molecular complexity index is 216. The zero-order valence-electron chi connectivity index (χ0n) is 10.8. The van der Waals surface area contributed by atoms with Gasteiger partial charge in [0.15, 0.2) is 0 Å². The Morgan fingerprint density at radius 2 is 2.00 bits per heavy atom. The molecule has 0 saturated heterocycles. The van der Waals surface area contributed by atoms with Crippen LogP contribution < -0.4 is 5.73 Å². The first-order valence-corrected chi connectivity index (χ1v) is 5.96. The maximum atomic E-state index is 12.0. The lowest BCUT2D eigenvalue weighted by molar-refractivity contribution is -0.158. The fourth-order valence-corrected chi connectivity index (χ4v) is 1.79. The van der Waals surface area contributed by atoms with E-state index in [0.29, 0.717) is 19.4 Å². The van der Waals surface area contributed by atoms with Crippen molar-refractivity contribution in [3.63, 3.8) is 0 Å². The number of ether oxygens (including phenoxy) is 1. The van der Waals surface area contributed by atoms with Gasteiger partial charge in [-0.2, -0.15) is 0 Å². The van der Waals surface area contributed by atoms with Crippen LogP contribution in [0.3, 0.4) is 0 Å². The largest absolute Gasteiger partial charge is 0.466 e. The summed E-state index contributed by atoms with van der Waals surface area (Å²) in [5.41, 5.74) is 5.08. The fraction of sp³-hybridized carbons (Fsp3) is 0.917. The highest BCUT2D eigenvalue weighted by Crippen LogP contribution is 2.34. The molecule has 0 aliphatic carbocycles. The molecule has 4 nitrogen and oxygen atoms in total. The van der Waals surface area contributed by atoms with E-state index in [4.69, 9.17) is 10.5 Å². The molecule has 0 aromatic heterocycles.